The molecule has 0 saturated heterocycles. The van der Waals surface area contributed by atoms with Crippen molar-refractivity contribution < 1.29 is 0 Å². The van der Waals surface area contributed by atoms with Crippen molar-refractivity contribution in [1.82, 2.24) is 0 Å². The zero-order valence-corrected chi connectivity index (χ0v) is 17.4. The van der Waals surface area contributed by atoms with Crippen molar-refractivity contribution in [3.63, 3.8) is 0 Å². The van der Waals surface area contributed by atoms with Crippen LogP contribution in [0.5, 0.6) is 0 Å². The second kappa shape index (κ2) is 10.3. The van der Waals surface area contributed by atoms with Gasteiger partial charge in [-0.1, -0.05) is 98.0 Å². The predicted molar refractivity (Wildman–Crippen MR) is 128 cm³/mol. The van der Waals surface area contributed by atoms with Crippen molar-refractivity contribution in [3.8, 4) is 0 Å². The van der Waals surface area contributed by atoms with Crippen LogP contribution in [0.1, 0.15) is 30.0 Å². The summed E-state index contributed by atoms with van der Waals surface area (Å²) in [6, 6.07) is 18.2. The molecule has 5 N–H and O–H groups in total. The van der Waals surface area contributed by atoms with E-state index in [1.807, 2.05) is 42.5 Å². The fourth-order valence-electron chi connectivity index (χ4n) is 3.61. The molecule has 0 aliphatic heterocycles. The van der Waals surface area contributed by atoms with Crippen LogP contribution in [0.3, 0.4) is 0 Å². The minimum absolute atomic E-state index is 0.0714. The highest BCUT2D eigenvalue weighted by Gasteiger charge is 2.19. The Labute approximate surface area is 179 Å². The Bertz CT molecular complexity index is 1040. The average Bonchev–Trinajstić information content (AvgIpc) is 2.77. The molecular weight excluding hydrogens is 366 g/mol. The third kappa shape index (κ3) is 5.26. The van der Waals surface area contributed by atoms with Gasteiger partial charge in [0.05, 0.1) is 0 Å². The highest BCUT2D eigenvalue weighted by atomic mass is 14.7. The molecule has 0 radical (unpaired) electrons. The zero-order valence-electron chi connectivity index (χ0n) is 17.4. The van der Waals surface area contributed by atoms with Crippen molar-refractivity contribution in [2.45, 2.75) is 19.8 Å². The van der Waals surface area contributed by atoms with Gasteiger partial charge >= 0.3 is 0 Å². The molecule has 1 unspecified atom stereocenters. The molecule has 0 aromatic heterocycles. The van der Waals surface area contributed by atoms with Crippen LogP contribution in [-0.4, -0.2) is 5.84 Å². The number of allylic oxidation sites excluding steroid dienone is 9. The third-order valence-corrected chi connectivity index (χ3v) is 5.15. The predicted octanol–water partition coefficient (Wildman–Crippen LogP) is 5.52. The average molecular weight is 396 g/mol. The summed E-state index contributed by atoms with van der Waals surface area (Å²) in [4.78, 5) is 0. The van der Waals surface area contributed by atoms with Crippen molar-refractivity contribution in [3.05, 3.63) is 125 Å². The van der Waals surface area contributed by atoms with Gasteiger partial charge in [0.25, 0.3) is 0 Å². The van der Waals surface area contributed by atoms with Crippen molar-refractivity contribution >= 4 is 11.4 Å². The molecule has 0 amide bonds. The Hall–Kier alpha value is -3.59. The fourth-order valence-corrected chi connectivity index (χ4v) is 3.61. The van der Waals surface area contributed by atoms with Crippen molar-refractivity contribution in [1.29, 1.82) is 5.41 Å². The van der Waals surface area contributed by atoms with E-state index in [2.05, 4.69) is 55.5 Å². The molecule has 0 fully saturated rings. The Kier molecular flexibility index (Phi) is 7.23. The van der Waals surface area contributed by atoms with E-state index in [-0.39, 0.29) is 5.84 Å². The van der Waals surface area contributed by atoms with Gasteiger partial charge in [0.2, 0.25) is 0 Å². The van der Waals surface area contributed by atoms with Gasteiger partial charge in [0, 0.05) is 11.8 Å². The monoisotopic (exact) mass is 395 g/mol. The summed E-state index contributed by atoms with van der Waals surface area (Å²) in [5.41, 5.74) is 18.0. The number of benzene rings is 2. The molecular formula is C27H29N3. The van der Waals surface area contributed by atoms with Gasteiger partial charge < -0.3 is 11.5 Å². The summed E-state index contributed by atoms with van der Waals surface area (Å²) in [6.07, 6.45) is 16.2. The zero-order chi connectivity index (χ0) is 21.3. The summed E-state index contributed by atoms with van der Waals surface area (Å²) in [6.45, 7) is 2.20. The Morgan fingerprint density at radius 3 is 2.53 bits per heavy atom. The highest BCUT2D eigenvalue weighted by Crippen LogP contribution is 2.36. The Morgan fingerprint density at radius 2 is 1.80 bits per heavy atom. The van der Waals surface area contributed by atoms with E-state index >= 15 is 0 Å². The first-order valence-corrected chi connectivity index (χ1v) is 10.3. The summed E-state index contributed by atoms with van der Waals surface area (Å²) in [5.74, 6) is 0.493. The first-order chi connectivity index (χ1) is 14.6. The fraction of sp³-hybridized carbons (Fsp3) is 0.148. The van der Waals surface area contributed by atoms with E-state index in [1.54, 1.807) is 6.20 Å². The van der Waals surface area contributed by atoms with Crippen LogP contribution in [0, 0.1) is 11.3 Å². The van der Waals surface area contributed by atoms with E-state index in [0.717, 1.165) is 40.7 Å². The summed E-state index contributed by atoms with van der Waals surface area (Å²) < 4.78 is 0. The minimum atomic E-state index is 0.0714. The van der Waals surface area contributed by atoms with Gasteiger partial charge in [0.1, 0.15) is 5.84 Å². The van der Waals surface area contributed by atoms with E-state index in [9.17, 15) is 0 Å². The number of nitrogens with one attached hydrogen (secondary N) is 1. The molecule has 30 heavy (non-hydrogen) atoms. The number of hydrogen-bond acceptors (Lipinski definition) is 2. The molecule has 3 nitrogen and oxygen atoms in total. The molecule has 1 aliphatic carbocycles. The second-order valence-corrected chi connectivity index (χ2v) is 7.47. The van der Waals surface area contributed by atoms with Crippen LogP contribution in [0.15, 0.2) is 108 Å². The summed E-state index contributed by atoms with van der Waals surface area (Å²) in [7, 11) is 0. The largest absolute Gasteiger partial charge is 0.404 e. The maximum Gasteiger partial charge on any atom is 0.123 e. The molecule has 2 aromatic rings. The maximum absolute atomic E-state index is 7.95. The topological polar surface area (TPSA) is 75.9 Å². The van der Waals surface area contributed by atoms with Crippen molar-refractivity contribution in [2.24, 2.45) is 17.4 Å². The minimum Gasteiger partial charge on any atom is -0.404 e. The van der Waals surface area contributed by atoms with Crippen LogP contribution >= 0.6 is 0 Å². The standard InChI is InChI=1S/C27H29N3/c1-20-16-17-24(23-14-8-9-15-25(23)27(29)30)26(18-20)22(19-28)13-7-3-6-12-21-10-4-2-5-11-21/h2-11,13-15,17-20H,12,16,28H2,1H3,(H3,29,30)/b6-3-,13-7-,22-19-. The lowest BCUT2D eigenvalue weighted by atomic mass is 9.82. The first kappa shape index (κ1) is 21.1. The summed E-state index contributed by atoms with van der Waals surface area (Å²) in [5, 5.41) is 7.95. The molecule has 1 aliphatic rings. The molecule has 0 spiro atoms. The SMILES string of the molecule is CC1C=C(C(/C=C\C=C/Cc2ccccc2)=C\N)C(c2ccccc2C(=N)N)=CC1. The Morgan fingerprint density at radius 1 is 1.07 bits per heavy atom. The van der Waals surface area contributed by atoms with Gasteiger partial charge in [-0.25, -0.2) is 0 Å². The molecule has 0 bridgehead atoms. The van der Waals surface area contributed by atoms with Gasteiger partial charge in [-0.05, 0) is 46.6 Å². The molecule has 3 heteroatoms. The smallest absolute Gasteiger partial charge is 0.123 e. The Balaban J connectivity index is 1.83. The molecule has 1 atom stereocenters. The van der Waals surface area contributed by atoms with E-state index < -0.39 is 0 Å². The van der Waals surface area contributed by atoms with Gasteiger partial charge in [-0.15, -0.1) is 0 Å². The number of nitrogens with two attached hydrogens (primary N) is 2. The lowest BCUT2D eigenvalue weighted by Crippen LogP contribution is -2.15. The van der Waals surface area contributed by atoms with Gasteiger partial charge in [-0.3, -0.25) is 5.41 Å². The molecule has 0 heterocycles. The van der Waals surface area contributed by atoms with Crippen LogP contribution in [0.4, 0.5) is 0 Å². The number of rotatable bonds is 7. The third-order valence-electron chi connectivity index (χ3n) is 5.15. The van der Waals surface area contributed by atoms with Crippen LogP contribution in [-0.2, 0) is 6.42 Å². The lowest BCUT2D eigenvalue weighted by Gasteiger charge is -2.22. The second-order valence-electron chi connectivity index (χ2n) is 7.47. The normalized spacial score (nSPS) is 17.2. The number of amidine groups is 1. The molecule has 152 valence electrons. The van der Waals surface area contributed by atoms with E-state index in [1.165, 1.54) is 5.56 Å². The molecule has 2 aromatic carbocycles. The van der Waals surface area contributed by atoms with E-state index in [4.69, 9.17) is 16.9 Å². The van der Waals surface area contributed by atoms with Gasteiger partial charge in [-0.2, -0.15) is 0 Å². The molecule has 3 rings (SSSR count). The maximum atomic E-state index is 7.95. The lowest BCUT2D eigenvalue weighted by molar-refractivity contribution is 0.733. The number of nitrogen functional groups attached to an aromatic ring is 1. The van der Waals surface area contributed by atoms with Crippen LogP contribution in [0.2, 0.25) is 0 Å². The van der Waals surface area contributed by atoms with E-state index in [0.29, 0.717) is 5.92 Å². The van der Waals surface area contributed by atoms with Gasteiger partial charge in [0.15, 0.2) is 0 Å². The number of hydrogen-bond donors (Lipinski definition) is 3. The quantitative estimate of drug-likeness (QED) is 0.328. The molecule has 0 saturated carbocycles. The van der Waals surface area contributed by atoms with Crippen LogP contribution in [0.25, 0.3) is 5.57 Å². The van der Waals surface area contributed by atoms with Crippen LogP contribution < -0.4 is 11.5 Å². The first-order valence-electron chi connectivity index (χ1n) is 10.3. The highest BCUT2D eigenvalue weighted by molar-refractivity contribution is 6.02. The summed E-state index contributed by atoms with van der Waals surface area (Å²) >= 11 is 0. The van der Waals surface area contributed by atoms with Crippen molar-refractivity contribution in [2.75, 3.05) is 0 Å².